The molecule has 34 heavy (non-hydrogen) atoms. The molecule has 3 atom stereocenters. The Morgan fingerprint density at radius 1 is 1.03 bits per heavy atom. The van der Waals surface area contributed by atoms with Gasteiger partial charge in [0.05, 0.1) is 18.7 Å². The second-order valence-electron chi connectivity index (χ2n) is 8.30. The zero-order valence-electron chi connectivity index (χ0n) is 17.8. The second-order valence-corrected chi connectivity index (χ2v) is 9.18. The summed E-state index contributed by atoms with van der Waals surface area (Å²) < 4.78 is 35.2. The molecule has 0 saturated carbocycles. The number of piperidine rings is 1. The van der Waals surface area contributed by atoms with Gasteiger partial charge in [-0.25, -0.2) is 8.78 Å². The smallest absolute Gasteiger partial charge is 0.238 e. The van der Waals surface area contributed by atoms with Crippen molar-refractivity contribution in [1.29, 1.82) is 0 Å². The molecule has 3 aromatic rings. The topological polar surface area (TPSA) is 67.4 Å². The fourth-order valence-electron chi connectivity index (χ4n) is 5.24. The van der Waals surface area contributed by atoms with Crippen LogP contribution < -0.4 is 15.4 Å². The van der Waals surface area contributed by atoms with Gasteiger partial charge in [0.1, 0.15) is 11.2 Å². The number of hydrogen-bond donors (Lipinski definition) is 2. The molecule has 5 rings (SSSR count). The van der Waals surface area contributed by atoms with Crippen LogP contribution in [0.4, 0.5) is 14.5 Å². The molecule has 5 nitrogen and oxygen atoms in total. The first-order valence-corrected chi connectivity index (χ1v) is 11.2. The Hall–Kier alpha value is -3.16. The van der Waals surface area contributed by atoms with Gasteiger partial charge in [0.15, 0.2) is 11.6 Å². The molecule has 2 amide bonds. The molecule has 2 N–H and O–H groups in total. The number of ether oxygens (including phenoxy) is 1. The summed E-state index contributed by atoms with van der Waals surface area (Å²) in [5.74, 6) is -3.98. The first kappa shape index (κ1) is 22.6. The van der Waals surface area contributed by atoms with Crippen LogP contribution in [0.15, 0.2) is 54.6 Å². The number of rotatable bonds is 3. The molecule has 0 aromatic heterocycles. The number of carbonyl (C=O) groups is 2. The van der Waals surface area contributed by atoms with Gasteiger partial charge in [-0.15, -0.1) is 0 Å². The number of anilines is 1. The van der Waals surface area contributed by atoms with Gasteiger partial charge in [0.25, 0.3) is 0 Å². The van der Waals surface area contributed by atoms with Gasteiger partial charge in [0, 0.05) is 28.1 Å². The molecule has 0 bridgehead atoms. The molecule has 1 spiro atoms. The predicted octanol–water partition coefficient (Wildman–Crippen LogP) is 5.52. The quantitative estimate of drug-likeness (QED) is 0.495. The number of carbonyl (C=O) groups excluding carboxylic acids is 2. The van der Waals surface area contributed by atoms with Gasteiger partial charge in [-0.1, -0.05) is 41.4 Å². The van der Waals surface area contributed by atoms with E-state index in [1.165, 1.54) is 13.2 Å². The van der Waals surface area contributed by atoms with Crippen LogP contribution in [-0.2, 0) is 15.0 Å². The summed E-state index contributed by atoms with van der Waals surface area (Å²) in [4.78, 5) is 26.8. The van der Waals surface area contributed by atoms with Gasteiger partial charge in [-0.05, 0) is 47.5 Å². The van der Waals surface area contributed by atoms with E-state index in [1.807, 2.05) is 0 Å². The first-order chi connectivity index (χ1) is 16.3. The SMILES string of the molecule is COc1ccc(F)c(F)c1[C@@H]1NC(=O)C[C@@H](c2cccc(Cl)c2)[C@]12C(=O)Nc1cc(Cl)ccc12. The molecule has 2 aliphatic rings. The van der Waals surface area contributed by atoms with Gasteiger partial charge >= 0.3 is 0 Å². The highest BCUT2D eigenvalue weighted by Crippen LogP contribution is 2.58. The predicted molar refractivity (Wildman–Crippen MR) is 124 cm³/mol. The summed E-state index contributed by atoms with van der Waals surface area (Å²) in [5.41, 5.74) is -0.244. The van der Waals surface area contributed by atoms with E-state index in [0.717, 1.165) is 6.07 Å². The number of amides is 2. The van der Waals surface area contributed by atoms with Crippen LogP contribution in [0, 0.1) is 11.6 Å². The first-order valence-electron chi connectivity index (χ1n) is 10.5. The van der Waals surface area contributed by atoms with Crippen molar-refractivity contribution in [2.75, 3.05) is 12.4 Å². The minimum absolute atomic E-state index is 0.00512. The molecule has 2 aliphatic heterocycles. The number of halogens is 4. The Morgan fingerprint density at radius 3 is 2.53 bits per heavy atom. The standard InChI is InChI=1S/C25H18Cl2F2N2O3/c1-34-19-8-7-17(28)22(29)21(19)23-25(15-6-5-14(27)10-18(15)30-24(25)33)16(11-20(32)31-23)12-3-2-4-13(26)9-12/h2-10,16,23H,11H2,1H3,(H,30,33)(H,31,32)/t16-,23-,25-/m0/s1. The number of nitrogens with one attached hydrogen (secondary N) is 2. The lowest BCUT2D eigenvalue weighted by Crippen LogP contribution is -2.57. The van der Waals surface area contributed by atoms with Crippen LogP contribution >= 0.6 is 23.2 Å². The van der Waals surface area contributed by atoms with Crippen LogP contribution in [0.3, 0.4) is 0 Å². The van der Waals surface area contributed by atoms with E-state index in [-0.39, 0.29) is 17.7 Å². The maximum atomic E-state index is 15.4. The molecule has 9 heteroatoms. The van der Waals surface area contributed by atoms with E-state index in [2.05, 4.69) is 10.6 Å². The van der Waals surface area contributed by atoms with Crippen molar-refractivity contribution in [3.05, 3.63) is 93.0 Å². The van der Waals surface area contributed by atoms with Crippen molar-refractivity contribution in [3.63, 3.8) is 0 Å². The second kappa shape index (κ2) is 8.25. The Kier molecular flexibility index (Phi) is 5.49. The van der Waals surface area contributed by atoms with Crippen molar-refractivity contribution in [1.82, 2.24) is 5.32 Å². The molecular weight excluding hydrogens is 485 g/mol. The minimum Gasteiger partial charge on any atom is -0.496 e. The van der Waals surface area contributed by atoms with Crippen LogP contribution in [0.1, 0.15) is 35.1 Å². The van der Waals surface area contributed by atoms with Crippen molar-refractivity contribution >= 4 is 40.7 Å². The lowest BCUT2D eigenvalue weighted by molar-refractivity contribution is -0.131. The molecule has 1 fully saturated rings. The summed E-state index contributed by atoms with van der Waals surface area (Å²) in [7, 11) is 1.31. The van der Waals surface area contributed by atoms with Gasteiger partial charge in [0.2, 0.25) is 11.8 Å². The summed E-state index contributed by atoms with van der Waals surface area (Å²) in [6, 6.07) is 12.6. The Labute approximate surface area is 204 Å². The third kappa shape index (κ3) is 3.26. The minimum atomic E-state index is -1.54. The summed E-state index contributed by atoms with van der Waals surface area (Å²) >= 11 is 12.4. The van der Waals surface area contributed by atoms with E-state index >= 15 is 4.39 Å². The van der Waals surface area contributed by atoms with Crippen LogP contribution in [0.25, 0.3) is 0 Å². The van der Waals surface area contributed by atoms with Crippen LogP contribution in [0.5, 0.6) is 5.75 Å². The highest BCUT2D eigenvalue weighted by molar-refractivity contribution is 6.31. The molecular formula is C25H18Cl2F2N2O3. The van der Waals surface area contributed by atoms with Crippen LogP contribution in [-0.4, -0.2) is 18.9 Å². The van der Waals surface area contributed by atoms with Gasteiger partial charge < -0.3 is 15.4 Å². The van der Waals surface area contributed by atoms with E-state index in [9.17, 15) is 14.0 Å². The fraction of sp³-hybridized carbons (Fsp3) is 0.200. The number of hydrogen-bond acceptors (Lipinski definition) is 3. The number of benzene rings is 3. The Balaban J connectivity index is 1.86. The summed E-state index contributed by atoms with van der Waals surface area (Å²) in [5, 5.41) is 6.40. The van der Waals surface area contributed by atoms with E-state index < -0.39 is 40.8 Å². The number of fused-ring (bicyclic) bond motifs is 2. The number of methoxy groups -OCH3 is 1. The lowest BCUT2D eigenvalue weighted by atomic mass is 9.59. The van der Waals surface area contributed by atoms with Crippen molar-refractivity contribution in [2.45, 2.75) is 23.8 Å². The molecule has 174 valence electrons. The highest BCUT2D eigenvalue weighted by Gasteiger charge is 2.62. The fourth-order valence-corrected chi connectivity index (χ4v) is 5.61. The lowest BCUT2D eigenvalue weighted by Gasteiger charge is -2.46. The average molecular weight is 503 g/mol. The molecule has 0 unspecified atom stereocenters. The average Bonchev–Trinajstić information content (AvgIpc) is 3.08. The van der Waals surface area contributed by atoms with Crippen molar-refractivity contribution in [3.8, 4) is 5.75 Å². The normalized spacial score (nSPS) is 23.4. The third-order valence-corrected chi connectivity index (χ3v) is 7.07. The van der Waals surface area contributed by atoms with E-state index in [1.54, 1.807) is 42.5 Å². The molecule has 0 radical (unpaired) electrons. The maximum absolute atomic E-state index is 15.4. The molecule has 1 saturated heterocycles. The van der Waals surface area contributed by atoms with Crippen LogP contribution in [0.2, 0.25) is 10.0 Å². The van der Waals surface area contributed by atoms with E-state index in [4.69, 9.17) is 27.9 Å². The molecule has 2 heterocycles. The zero-order valence-corrected chi connectivity index (χ0v) is 19.3. The molecule has 3 aromatic carbocycles. The Morgan fingerprint density at radius 2 is 1.79 bits per heavy atom. The Bertz CT molecular complexity index is 1350. The van der Waals surface area contributed by atoms with E-state index in [0.29, 0.717) is 26.9 Å². The highest BCUT2D eigenvalue weighted by atomic mass is 35.5. The summed E-state index contributed by atoms with van der Waals surface area (Å²) in [6.45, 7) is 0. The van der Waals surface area contributed by atoms with Gasteiger partial charge in [-0.3, -0.25) is 9.59 Å². The zero-order chi connectivity index (χ0) is 24.2. The third-order valence-electron chi connectivity index (χ3n) is 6.60. The van der Waals surface area contributed by atoms with Crippen molar-refractivity contribution < 1.29 is 23.1 Å². The molecule has 0 aliphatic carbocycles. The maximum Gasteiger partial charge on any atom is 0.238 e. The van der Waals surface area contributed by atoms with Crippen molar-refractivity contribution in [2.24, 2.45) is 0 Å². The van der Waals surface area contributed by atoms with Gasteiger partial charge in [-0.2, -0.15) is 0 Å². The monoisotopic (exact) mass is 502 g/mol. The largest absolute Gasteiger partial charge is 0.496 e. The summed E-state index contributed by atoms with van der Waals surface area (Å²) in [6.07, 6.45) is -0.0778.